The average molecular weight is 531 g/mol. The topological polar surface area (TPSA) is 70.5 Å². The fourth-order valence-electron chi connectivity index (χ4n) is 4.74. The highest BCUT2D eigenvalue weighted by Gasteiger charge is 2.48. The largest absolute Gasteiger partial charge is 0.507 e. The van der Waals surface area contributed by atoms with E-state index in [1.54, 1.807) is 24.3 Å². The minimum atomic E-state index is -0.827. The Balaban J connectivity index is 1.73. The van der Waals surface area contributed by atoms with Gasteiger partial charge in [-0.2, -0.15) is 0 Å². The average Bonchev–Trinajstić information content (AvgIpc) is 3.37. The number of anilines is 1. The Labute approximate surface area is 225 Å². The van der Waals surface area contributed by atoms with E-state index in [1.165, 1.54) is 16.2 Å². The number of aryl methyl sites for hydroxylation is 2. The van der Waals surface area contributed by atoms with Crippen molar-refractivity contribution in [3.63, 3.8) is 0 Å². The summed E-state index contributed by atoms with van der Waals surface area (Å²) in [6.45, 7) is 10.4. The number of aromatic nitrogens is 1. The number of halogens is 1. The molecular formula is C30H27ClN2O3S. The quantitative estimate of drug-likeness (QED) is 0.169. The monoisotopic (exact) mass is 530 g/mol. The van der Waals surface area contributed by atoms with Crippen molar-refractivity contribution in [2.24, 2.45) is 0 Å². The molecule has 1 aliphatic rings. The first-order valence-electron chi connectivity index (χ1n) is 12.0. The minimum Gasteiger partial charge on any atom is -0.507 e. The zero-order valence-electron chi connectivity index (χ0n) is 21.3. The van der Waals surface area contributed by atoms with Gasteiger partial charge in [0.05, 0.1) is 21.8 Å². The fraction of sp³-hybridized carbons (Fsp3) is 0.233. The zero-order valence-corrected chi connectivity index (χ0v) is 22.9. The van der Waals surface area contributed by atoms with Crippen LogP contribution in [0.5, 0.6) is 0 Å². The summed E-state index contributed by atoms with van der Waals surface area (Å²) in [6.07, 6.45) is 0. The Morgan fingerprint density at radius 2 is 1.65 bits per heavy atom. The first kappa shape index (κ1) is 25.2. The molecule has 1 N–H and O–H groups in total. The van der Waals surface area contributed by atoms with Crippen LogP contribution in [0.4, 0.5) is 5.13 Å². The van der Waals surface area contributed by atoms with Crippen LogP contribution in [0.3, 0.4) is 0 Å². The summed E-state index contributed by atoms with van der Waals surface area (Å²) in [7, 11) is 0. The molecule has 0 radical (unpaired) electrons. The molecule has 0 bridgehead atoms. The highest BCUT2D eigenvalue weighted by Crippen LogP contribution is 2.45. The van der Waals surface area contributed by atoms with Crippen LogP contribution in [-0.4, -0.2) is 21.8 Å². The second-order valence-corrected chi connectivity index (χ2v) is 11.9. The number of rotatable bonds is 3. The van der Waals surface area contributed by atoms with Gasteiger partial charge in [-0.25, -0.2) is 4.98 Å². The second kappa shape index (κ2) is 9.12. The summed E-state index contributed by atoms with van der Waals surface area (Å²) in [4.78, 5) is 33.2. The van der Waals surface area contributed by atoms with Crippen LogP contribution < -0.4 is 4.90 Å². The number of aliphatic hydroxyl groups is 1. The van der Waals surface area contributed by atoms with E-state index in [0.29, 0.717) is 15.7 Å². The first-order chi connectivity index (χ1) is 17.5. The van der Waals surface area contributed by atoms with Crippen LogP contribution in [0.1, 0.15) is 54.6 Å². The molecule has 37 heavy (non-hydrogen) atoms. The smallest absolute Gasteiger partial charge is 0.301 e. The Bertz CT molecular complexity index is 1580. The number of nitrogens with zero attached hydrogens (tertiary/aromatic N) is 2. The molecule has 5 rings (SSSR count). The third kappa shape index (κ3) is 4.45. The van der Waals surface area contributed by atoms with Gasteiger partial charge in [-0.1, -0.05) is 74.0 Å². The SMILES string of the molecule is Cc1cc(C)c2nc(N3C(=O)C(=O)/C(=C(/O)c4ccc(Cl)cc4)C3c3ccc(C(C)(C)C)cc3)sc2c1. The van der Waals surface area contributed by atoms with E-state index in [9.17, 15) is 14.7 Å². The highest BCUT2D eigenvalue weighted by molar-refractivity contribution is 7.22. The van der Waals surface area contributed by atoms with E-state index >= 15 is 0 Å². The van der Waals surface area contributed by atoms with E-state index in [-0.39, 0.29) is 16.7 Å². The molecule has 1 amide bonds. The number of aliphatic hydroxyl groups excluding tert-OH is 1. The highest BCUT2D eigenvalue weighted by atomic mass is 35.5. The molecule has 1 fully saturated rings. The maximum absolute atomic E-state index is 13.5. The van der Waals surface area contributed by atoms with E-state index in [0.717, 1.165) is 32.5 Å². The third-order valence-electron chi connectivity index (χ3n) is 6.68. The van der Waals surface area contributed by atoms with Crippen molar-refractivity contribution >= 4 is 55.7 Å². The predicted octanol–water partition coefficient (Wildman–Crippen LogP) is 7.49. The van der Waals surface area contributed by atoms with Gasteiger partial charge in [0.2, 0.25) is 0 Å². The molecule has 4 aromatic rings. The van der Waals surface area contributed by atoms with Crippen LogP contribution >= 0.6 is 22.9 Å². The third-order valence-corrected chi connectivity index (χ3v) is 7.93. The summed E-state index contributed by atoms with van der Waals surface area (Å²) in [5.41, 5.74) is 5.11. The minimum absolute atomic E-state index is 0.0305. The number of benzene rings is 3. The lowest BCUT2D eigenvalue weighted by Gasteiger charge is -2.24. The van der Waals surface area contributed by atoms with Gasteiger partial charge in [0.25, 0.3) is 5.78 Å². The van der Waals surface area contributed by atoms with Crippen LogP contribution in [-0.2, 0) is 15.0 Å². The van der Waals surface area contributed by atoms with E-state index in [2.05, 4.69) is 20.8 Å². The van der Waals surface area contributed by atoms with Crippen molar-refractivity contribution < 1.29 is 14.7 Å². The van der Waals surface area contributed by atoms with Crippen molar-refractivity contribution in [2.75, 3.05) is 4.90 Å². The predicted molar refractivity (Wildman–Crippen MR) is 150 cm³/mol. The van der Waals surface area contributed by atoms with Crippen LogP contribution in [0, 0.1) is 13.8 Å². The van der Waals surface area contributed by atoms with Crippen molar-refractivity contribution in [2.45, 2.75) is 46.1 Å². The number of thiazole rings is 1. The van der Waals surface area contributed by atoms with Crippen molar-refractivity contribution in [3.05, 3.63) is 99.1 Å². The molecule has 0 saturated carbocycles. The molecule has 1 aliphatic heterocycles. The summed E-state index contributed by atoms with van der Waals surface area (Å²) in [6, 6.07) is 17.6. The van der Waals surface area contributed by atoms with Gasteiger partial charge in [0.15, 0.2) is 5.13 Å². The number of ketones is 1. The number of Topliss-reactive ketones (excluding diaryl/α,β-unsaturated/α-hetero) is 1. The van der Waals surface area contributed by atoms with E-state index in [1.807, 2.05) is 50.2 Å². The Kier molecular flexibility index (Phi) is 6.21. The summed E-state index contributed by atoms with van der Waals surface area (Å²) in [5, 5.41) is 12.2. The number of hydrogen-bond acceptors (Lipinski definition) is 5. The summed E-state index contributed by atoms with van der Waals surface area (Å²) >= 11 is 7.40. The lowest BCUT2D eigenvalue weighted by Crippen LogP contribution is -2.29. The molecule has 188 valence electrons. The Hall–Kier alpha value is -3.48. The van der Waals surface area contributed by atoms with Gasteiger partial charge in [0, 0.05) is 10.6 Å². The molecule has 1 saturated heterocycles. The van der Waals surface area contributed by atoms with Crippen molar-refractivity contribution in [3.8, 4) is 0 Å². The van der Waals surface area contributed by atoms with Gasteiger partial charge in [-0.3, -0.25) is 14.5 Å². The van der Waals surface area contributed by atoms with Crippen LogP contribution in [0.25, 0.3) is 16.0 Å². The number of hydrogen-bond donors (Lipinski definition) is 1. The maximum atomic E-state index is 13.5. The van der Waals surface area contributed by atoms with Crippen molar-refractivity contribution in [1.29, 1.82) is 0 Å². The first-order valence-corrected chi connectivity index (χ1v) is 13.2. The fourth-order valence-corrected chi connectivity index (χ4v) is 6.03. The molecule has 7 heteroatoms. The summed E-state index contributed by atoms with van der Waals surface area (Å²) < 4.78 is 0.939. The normalized spacial score (nSPS) is 17.7. The van der Waals surface area contributed by atoms with Gasteiger partial charge in [0.1, 0.15) is 5.76 Å². The molecule has 0 spiro atoms. The van der Waals surface area contributed by atoms with Gasteiger partial charge in [-0.05, 0) is 71.8 Å². The maximum Gasteiger partial charge on any atom is 0.301 e. The van der Waals surface area contributed by atoms with Crippen molar-refractivity contribution in [1.82, 2.24) is 4.98 Å². The lowest BCUT2D eigenvalue weighted by atomic mass is 9.85. The van der Waals surface area contributed by atoms with Crippen LogP contribution in [0.2, 0.25) is 5.02 Å². The molecule has 2 heterocycles. The Morgan fingerprint density at radius 3 is 2.27 bits per heavy atom. The zero-order chi connectivity index (χ0) is 26.6. The molecule has 0 aliphatic carbocycles. The standard InChI is InChI=1S/C30H27ClN2O3S/c1-16-14-17(2)24-22(15-16)37-29(32-24)33-25(18-6-10-20(11-7-18)30(3,4)5)23(27(35)28(33)36)26(34)19-8-12-21(31)13-9-19/h6-15,25,34H,1-5H3/b26-23+. The van der Waals surface area contributed by atoms with Gasteiger partial charge < -0.3 is 5.11 Å². The second-order valence-electron chi connectivity index (χ2n) is 10.5. The number of amides is 1. The number of carbonyl (C=O) groups is 2. The molecule has 3 aromatic carbocycles. The number of fused-ring (bicyclic) bond motifs is 1. The van der Waals surface area contributed by atoms with Gasteiger partial charge >= 0.3 is 5.91 Å². The molecule has 1 unspecified atom stereocenters. The summed E-state index contributed by atoms with van der Waals surface area (Å²) in [5.74, 6) is -1.70. The molecular weight excluding hydrogens is 504 g/mol. The van der Waals surface area contributed by atoms with E-state index < -0.39 is 17.7 Å². The number of carbonyl (C=O) groups excluding carboxylic acids is 2. The van der Waals surface area contributed by atoms with Crippen LogP contribution in [0.15, 0.2) is 66.2 Å². The molecule has 1 atom stereocenters. The molecule has 1 aromatic heterocycles. The molecule has 5 nitrogen and oxygen atoms in total. The Morgan fingerprint density at radius 1 is 1.00 bits per heavy atom. The lowest BCUT2D eigenvalue weighted by molar-refractivity contribution is -0.132. The van der Waals surface area contributed by atoms with E-state index in [4.69, 9.17) is 16.6 Å². The van der Waals surface area contributed by atoms with Gasteiger partial charge in [-0.15, -0.1) is 0 Å².